The first-order valence-corrected chi connectivity index (χ1v) is 5.60. The van der Waals surface area contributed by atoms with Crippen molar-refractivity contribution >= 4 is 5.97 Å². The quantitative estimate of drug-likeness (QED) is 0.745. The lowest BCUT2D eigenvalue weighted by Gasteiger charge is -2.30. The first kappa shape index (κ1) is 12.5. The number of likely N-dealkylation sites (N-methyl/N-ethyl adjacent to an activating group) is 1. The van der Waals surface area contributed by atoms with Gasteiger partial charge in [0, 0.05) is 12.6 Å². The van der Waals surface area contributed by atoms with Crippen LogP contribution in [0.4, 0.5) is 0 Å². The number of carboxylic acid groups (broad SMARTS) is 1. The molecule has 15 heavy (non-hydrogen) atoms. The molecule has 1 heterocycles. The molecule has 0 radical (unpaired) electrons. The maximum atomic E-state index is 11.0. The van der Waals surface area contributed by atoms with E-state index in [1.807, 2.05) is 0 Å². The molecular weight excluding hydrogens is 194 g/mol. The summed E-state index contributed by atoms with van der Waals surface area (Å²) in [5.41, 5.74) is 0. The van der Waals surface area contributed by atoms with Crippen LogP contribution in [0.5, 0.6) is 0 Å². The number of carbonyl (C=O) groups is 1. The van der Waals surface area contributed by atoms with Crippen LogP contribution in [-0.4, -0.2) is 48.3 Å². The van der Waals surface area contributed by atoms with E-state index in [2.05, 4.69) is 25.7 Å². The van der Waals surface area contributed by atoms with E-state index in [-0.39, 0.29) is 12.0 Å². The van der Waals surface area contributed by atoms with Crippen molar-refractivity contribution in [2.45, 2.75) is 26.8 Å². The molecular formula is C11H21NO3. The molecule has 0 saturated carbocycles. The van der Waals surface area contributed by atoms with Gasteiger partial charge in [-0.3, -0.25) is 9.69 Å². The van der Waals surface area contributed by atoms with E-state index < -0.39 is 5.97 Å². The summed E-state index contributed by atoms with van der Waals surface area (Å²) in [6, 6.07) is 0.0508. The lowest BCUT2D eigenvalue weighted by molar-refractivity contribution is -0.143. The van der Waals surface area contributed by atoms with Crippen LogP contribution in [0, 0.1) is 11.8 Å². The predicted octanol–water partition coefficient (Wildman–Crippen LogP) is 1.06. The molecule has 1 N–H and O–H groups in total. The summed E-state index contributed by atoms with van der Waals surface area (Å²) in [4.78, 5) is 13.2. The second-order valence-corrected chi connectivity index (χ2v) is 4.53. The summed E-state index contributed by atoms with van der Waals surface area (Å²) in [7, 11) is 0. The Morgan fingerprint density at radius 1 is 1.53 bits per heavy atom. The molecule has 0 aromatic carbocycles. The Bertz CT molecular complexity index is 218. The van der Waals surface area contributed by atoms with Crippen LogP contribution in [0.2, 0.25) is 0 Å². The van der Waals surface area contributed by atoms with Crippen molar-refractivity contribution < 1.29 is 14.6 Å². The van der Waals surface area contributed by atoms with Gasteiger partial charge in [0.2, 0.25) is 0 Å². The van der Waals surface area contributed by atoms with Crippen LogP contribution in [0.3, 0.4) is 0 Å². The summed E-state index contributed by atoms with van der Waals surface area (Å²) in [5.74, 6) is -0.539. The summed E-state index contributed by atoms with van der Waals surface area (Å²) in [6.45, 7) is 9.10. The molecule has 0 spiro atoms. The van der Waals surface area contributed by atoms with Crippen LogP contribution < -0.4 is 0 Å². The van der Waals surface area contributed by atoms with E-state index in [0.717, 1.165) is 13.1 Å². The molecule has 1 aliphatic rings. The third-order valence-corrected chi connectivity index (χ3v) is 2.84. The van der Waals surface area contributed by atoms with Crippen molar-refractivity contribution in [3.05, 3.63) is 0 Å². The van der Waals surface area contributed by atoms with E-state index in [1.54, 1.807) is 0 Å². The van der Waals surface area contributed by atoms with Crippen LogP contribution in [0.1, 0.15) is 20.8 Å². The highest BCUT2D eigenvalue weighted by Crippen LogP contribution is 2.20. The maximum absolute atomic E-state index is 11.0. The number of rotatable bonds is 5. The zero-order chi connectivity index (χ0) is 11.4. The highest BCUT2D eigenvalue weighted by atomic mass is 16.5. The molecule has 2 unspecified atom stereocenters. The summed E-state index contributed by atoms with van der Waals surface area (Å²) < 4.78 is 5.27. The Morgan fingerprint density at radius 3 is 2.67 bits per heavy atom. The van der Waals surface area contributed by atoms with Gasteiger partial charge in [-0.1, -0.05) is 20.8 Å². The highest BCUT2D eigenvalue weighted by Gasteiger charge is 2.37. The average molecular weight is 215 g/mol. The molecule has 1 rings (SSSR count). The van der Waals surface area contributed by atoms with Crippen molar-refractivity contribution in [2.24, 2.45) is 11.8 Å². The van der Waals surface area contributed by atoms with Gasteiger partial charge in [-0.25, -0.2) is 0 Å². The minimum Gasteiger partial charge on any atom is -0.481 e. The van der Waals surface area contributed by atoms with Gasteiger partial charge in [-0.05, 0) is 12.5 Å². The predicted molar refractivity (Wildman–Crippen MR) is 57.8 cm³/mol. The largest absolute Gasteiger partial charge is 0.481 e. The van der Waals surface area contributed by atoms with Crippen molar-refractivity contribution in [3.8, 4) is 0 Å². The van der Waals surface area contributed by atoms with E-state index in [0.29, 0.717) is 19.1 Å². The second-order valence-electron chi connectivity index (χ2n) is 4.53. The molecule has 0 amide bonds. The standard InChI is InChI=1S/C11H21NO3/c1-4-12(5-8(2)3)10-7-15-6-9(10)11(13)14/h8-10H,4-7H2,1-3H3,(H,13,14). The van der Waals surface area contributed by atoms with Crippen molar-refractivity contribution in [1.82, 2.24) is 4.90 Å². The first-order chi connectivity index (χ1) is 7.06. The van der Waals surface area contributed by atoms with Crippen molar-refractivity contribution in [3.63, 3.8) is 0 Å². The van der Waals surface area contributed by atoms with Crippen LogP contribution in [0.25, 0.3) is 0 Å². The van der Waals surface area contributed by atoms with Gasteiger partial charge < -0.3 is 9.84 Å². The number of nitrogens with zero attached hydrogens (tertiary/aromatic N) is 1. The van der Waals surface area contributed by atoms with E-state index in [9.17, 15) is 4.79 Å². The lowest BCUT2D eigenvalue weighted by Crippen LogP contribution is -2.44. The van der Waals surface area contributed by atoms with E-state index >= 15 is 0 Å². The normalized spacial score (nSPS) is 26.5. The van der Waals surface area contributed by atoms with Crippen molar-refractivity contribution in [1.29, 1.82) is 0 Å². The SMILES string of the molecule is CCN(CC(C)C)C1COCC1C(=O)O. The molecule has 2 atom stereocenters. The molecule has 0 aromatic rings. The molecule has 4 heteroatoms. The molecule has 0 aliphatic carbocycles. The fourth-order valence-corrected chi connectivity index (χ4v) is 2.11. The van der Waals surface area contributed by atoms with Gasteiger partial charge in [-0.2, -0.15) is 0 Å². The fraction of sp³-hybridized carbons (Fsp3) is 0.909. The van der Waals surface area contributed by atoms with Gasteiger partial charge in [-0.15, -0.1) is 0 Å². The zero-order valence-corrected chi connectivity index (χ0v) is 9.77. The smallest absolute Gasteiger partial charge is 0.310 e. The minimum absolute atomic E-state index is 0.0508. The van der Waals surface area contributed by atoms with E-state index in [4.69, 9.17) is 9.84 Å². The summed E-state index contributed by atoms with van der Waals surface area (Å²) in [6.07, 6.45) is 0. The maximum Gasteiger partial charge on any atom is 0.310 e. The van der Waals surface area contributed by atoms with Gasteiger partial charge in [0.15, 0.2) is 0 Å². The Kier molecular flexibility index (Phi) is 4.54. The molecule has 0 aromatic heterocycles. The van der Waals surface area contributed by atoms with Gasteiger partial charge >= 0.3 is 5.97 Å². The molecule has 88 valence electrons. The first-order valence-electron chi connectivity index (χ1n) is 5.60. The number of ether oxygens (including phenoxy) is 1. The van der Waals surface area contributed by atoms with E-state index in [1.165, 1.54) is 0 Å². The third kappa shape index (κ3) is 3.18. The van der Waals surface area contributed by atoms with Crippen LogP contribution >= 0.6 is 0 Å². The molecule has 0 bridgehead atoms. The third-order valence-electron chi connectivity index (χ3n) is 2.84. The van der Waals surface area contributed by atoms with Gasteiger partial charge in [0.05, 0.1) is 19.1 Å². The Labute approximate surface area is 91.2 Å². The fourth-order valence-electron chi connectivity index (χ4n) is 2.11. The number of hydrogen-bond donors (Lipinski definition) is 1. The monoisotopic (exact) mass is 215 g/mol. The van der Waals surface area contributed by atoms with Crippen LogP contribution in [0.15, 0.2) is 0 Å². The lowest BCUT2D eigenvalue weighted by atomic mass is 10.0. The second kappa shape index (κ2) is 5.47. The highest BCUT2D eigenvalue weighted by molar-refractivity contribution is 5.71. The molecule has 1 aliphatic heterocycles. The molecule has 1 fully saturated rings. The zero-order valence-electron chi connectivity index (χ0n) is 9.77. The Balaban J connectivity index is 2.62. The minimum atomic E-state index is -0.736. The number of hydrogen-bond acceptors (Lipinski definition) is 3. The molecule has 1 saturated heterocycles. The van der Waals surface area contributed by atoms with Gasteiger partial charge in [0.25, 0.3) is 0 Å². The van der Waals surface area contributed by atoms with Crippen LogP contribution in [-0.2, 0) is 9.53 Å². The van der Waals surface area contributed by atoms with Gasteiger partial charge in [0.1, 0.15) is 0 Å². The summed E-state index contributed by atoms with van der Waals surface area (Å²) in [5, 5.41) is 9.06. The Morgan fingerprint density at radius 2 is 2.20 bits per heavy atom. The average Bonchev–Trinajstić information content (AvgIpc) is 2.62. The summed E-state index contributed by atoms with van der Waals surface area (Å²) >= 11 is 0. The topological polar surface area (TPSA) is 49.8 Å². The molecule has 4 nitrogen and oxygen atoms in total. The number of carboxylic acids is 1. The number of aliphatic carboxylic acids is 1. The van der Waals surface area contributed by atoms with Crippen molar-refractivity contribution in [2.75, 3.05) is 26.3 Å². The Hall–Kier alpha value is -0.610.